The Hall–Kier alpha value is -3.83. The summed E-state index contributed by atoms with van der Waals surface area (Å²) in [6.45, 7) is 0. The molecule has 0 amide bonds. The molecule has 3 rings (SSSR count). The Morgan fingerprint density at radius 3 is 2.00 bits per heavy atom. The minimum absolute atomic E-state index is 0.155. The van der Waals surface area contributed by atoms with Crippen LogP contribution in [0.2, 0.25) is 0 Å². The zero-order chi connectivity index (χ0) is 22.0. The van der Waals surface area contributed by atoms with Crippen LogP contribution in [0.4, 0.5) is 0 Å². The Bertz CT molecular complexity index is 1150. The van der Waals surface area contributed by atoms with Gasteiger partial charge in [0, 0.05) is 5.56 Å². The molecule has 0 aliphatic carbocycles. The lowest BCUT2D eigenvalue weighted by atomic mass is 10.1. The average Bonchev–Trinajstić information content (AvgIpc) is 2.72. The Balaban J connectivity index is 2.52. The van der Waals surface area contributed by atoms with Crippen LogP contribution in [0.1, 0.15) is 0 Å². The molecule has 3 N–H and O–H groups in total. The number of methoxy groups -OCH3 is 2. The Kier molecular flexibility index (Phi) is 5.76. The largest absolute Gasteiger partial charge is 0.504 e. The van der Waals surface area contributed by atoms with E-state index in [2.05, 4.69) is 9.78 Å². The van der Waals surface area contributed by atoms with Crippen LogP contribution < -0.4 is 24.7 Å². The van der Waals surface area contributed by atoms with Crippen LogP contribution in [-0.2, 0) is 9.78 Å². The van der Waals surface area contributed by atoms with E-state index in [0.29, 0.717) is 0 Å². The molecule has 160 valence electrons. The molecule has 3 aromatic rings. The summed E-state index contributed by atoms with van der Waals surface area (Å²) >= 11 is 0. The van der Waals surface area contributed by atoms with Crippen molar-refractivity contribution in [3.63, 3.8) is 0 Å². The topological polar surface area (TPSA) is 146 Å². The molecule has 0 saturated heterocycles. The van der Waals surface area contributed by atoms with Gasteiger partial charge in [0.15, 0.2) is 22.8 Å². The monoisotopic (exact) mass is 422 g/mol. The second-order valence-electron chi connectivity index (χ2n) is 5.74. The Labute approximate surface area is 169 Å². The van der Waals surface area contributed by atoms with Crippen molar-refractivity contribution in [1.82, 2.24) is 0 Å². The van der Waals surface area contributed by atoms with Gasteiger partial charge in [-0.05, 0) is 18.2 Å². The third-order valence-corrected chi connectivity index (χ3v) is 4.12. The van der Waals surface area contributed by atoms with E-state index in [9.17, 15) is 20.1 Å². The second kappa shape index (κ2) is 8.27. The van der Waals surface area contributed by atoms with Crippen LogP contribution in [-0.4, -0.2) is 43.8 Å². The number of ether oxygens (including phenoxy) is 2. The van der Waals surface area contributed by atoms with Gasteiger partial charge in [-0.15, -0.1) is 0 Å². The van der Waals surface area contributed by atoms with E-state index in [4.69, 9.17) is 23.7 Å². The van der Waals surface area contributed by atoms with Crippen molar-refractivity contribution in [2.75, 3.05) is 28.4 Å². The maximum Gasteiger partial charge on any atom is 0.256 e. The number of aromatic hydroxyl groups is 3. The molecule has 0 atom stereocenters. The van der Waals surface area contributed by atoms with Crippen molar-refractivity contribution < 1.29 is 48.8 Å². The Morgan fingerprint density at radius 1 is 0.800 bits per heavy atom. The molecule has 1 aromatic heterocycles. The summed E-state index contributed by atoms with van der Waals surface area (Å²) in [7, 11) is 4.85. The van der Waals surface area contributed by atoms with Gasteiger partial charge in [-0.25, -0.2) is 0 Å². The van der Waals surface area contributed by atoms with Crippen LogP contribution in [0.5, 0.6) is 40.2 Å². The highest BCUT2D eigenvalue weighted by molar-refractivity contribution is 5.96. The van der Waals surface area contributed by atoms with E-state index >= 15 is 0 Å². The van der Waals surface area contributed by atoms with Gasteiger partial charge >= 0.3 is 0 Å². The first kappa shape index (κ1) is 20.9. The molecule has 0 unspecified atom stereocenters. The normalized spacial score (nSPS) is 10.8. The molecule has 0 fully saturated rings. The van der Waals surface area contributed by atoms with Crippen molar-refractivity contribution in [2.45, 2.75) is 0 Å². The average molecular weight is 422 g/mol. The number of hydrogen-bond acceptors (Lipinski definition) is 11. The lowest BCUT2D eigenvalue weighted by Crippen LogP contribution is -2.12. The minimum Gasteiger partial charge on any atom is -0.504 e. The van der Waals surface area contributed by atoms with Gasteiger partial charge in [-0.3, -0.25) is 4.79 Å². The summed E-state index contributed by atoms with van der Waals surface area (Å²) in [6.07, 6.45) is 0. The maximum atomic E-state index is 13.3. The van der Waals surface area contributed by atoms with Crippen molar-refractivity contribution in [1.29, 1.82) is 0 Å². The summed E-state index contributed by atoms with van der Waals surface area (Å²) in [5, 5.41) is 29.7. The van der Waals surface area contributed by atoms with E-state index in [-0.39, 0.29) is 45.3 Å². The number of phenolic OH excluding ortho intramolecular Hbond substituents is 3. The van der Waals surface area contributed by atoms with Crippen molar-refractivity contribution in [2.24, 2.45) is 0 Å². The van der Waals surface area contributed by atoms with Crippen LogP contribution >= 0.6 is 0 Å². The zero-order valence-electron chi connectivity index (χ0n) is 16.3. The van der Waals surface area contributed by atoms with Crippen LogP contribution in [0.25, 0.3) is 22.3 Å². The van der Waals surface area contributed by atoms with Gasteiger partial charge in [0.25, 0.3) is 5.75 Å². The molecule has 0 radical (unpaired) electrons. The summed E-state index contributed by atoms with van der Waals surface area (Å²) in [4.78, 5) is 32.7. The molecule has 0 aliphatic heterocycles. The summed E-state index contributed by atoms with van der Waals surface area (Å²) in [6, 6.07) is 3.70. The SMILES string of the molecule is COOc1c(-c2ccc(O)c(O)c2)oc2c(OC)c(O)c(OC)c(OOC)c2c1=O. The standard InChI is InChI=1S/C19H18O11/c1-24-17-13(23)18(25-2)16(29-26-3)11-12(22)19(30-27-4)14(28-15(11)17)8-5-6-9(20)10(21)7-8/h5-7,20-21,23H,1-4H3. The van der Waals surface area contributed by atoms with Crippen LogP contribution in [0, 0.1) is 0 Å². The predicted octanol–water partition coefficient (Wildman–Crippen LogP) is 2.47. The van der Waals surface area contributed by atoms with Crippen LogP contribution in [0.15, 0.2) is 27.4 Å². The van der Waals surface area contributed by atoms with Crippen LogP contribution in [0.3, 0.4) is 0 Å². The van der Waals surface area contributed by atoms with Gasteiger partial charge in [-0.1, -0.05) is 0 Å². The smallest absolute Gasteiger partial charge is 0.256 e. The fourth-order valence-corrected chi connectivity index (χ4v) is 2.87. The minimum atomic E-state index is -0.788. The van der Waals surface area contributed by atoms with Crippen molar-refractivity contribution in [3.8, 4) is 51.6 Å². The van der Waals surface area contributed by atoms with E-state index in [1.807, 2.05) is 0 Å². The van der Waals surface area contributed by atoms with Gasteiger partial charge in [0.05, 0.1) is 28.4 Å². The molecule has 0 aliphatic rings. The van der Waals surface area contributed by atoms with Gasteiger partial charge < -0.3 is 39.0 Å². The second-order valence-corrected chi connectivity index (χ2v) is 5.74. The summed E-state index contributed by atoms with van der Waals surface area (Å²) in [5.41, 5.74) is -0.855. The molecule has 0 bridgehead atoms. The number of fused-ring (bicyclic) bond motifs is 1. The summed E-state index contributed by atoms with van der Waals surface area (Å²) < 4.78 is 16.2. The maximum absolute atomic E-state index is 13.3. The Morgan fingerprint density at radius 2 is 1.43 bits per heavy atom. The molecular weight excluding hydrogens is 404 g/mol. The fourth-order valence-electron chi connectivity index (χ4n) is 2.87. The zero-order valence-corrected chi connectivity index (χ0v) is 16.3. The molecule has 0 spiro atoms. The first-order chi connectivity index (χ1) is 14.4. The van der Waals surface area contributed by atoms with E-state index in [1.165, 1.54) is 40.6 Å². The highest BCUT2D eigenvalue weighted by Gasteiger charge is 2.31. The highest BCUT2D eigenvalue weighted by Crippen LogP contribution is 2.51. The lowest BCUT2D eigenvalue weighted by molar-refractivity contribution is -0.180. The fraction of sp³-hybridized carbons (Fsp3) is 0.211. The predicted molar refractivity (Wildman–Crippen MR) is 101 cm³/mol. The number of phenols is 3. The van der Waals surface area contributed by atoms with Crippen molar-refractivity contribution >= 4 is 11.0 Å². The molecule has 2 aromatic carbocycles. The third-order valence-electron chi connectivity index (χ3n) is 4.12. The van der Waals surface area contributed by atoms with E-state index < -0.39 is 22.7 Å². The lowest BCUT2D eigenvalue weighted by Gasteiger charge is -2.17. The van der Waals surface area contributed by atoms with E-state index in [1.54, 1.807) is 0 Å². The first-order valence-electron chi connectivity index (χ1n) is 8.30. The van der Waals surface area contributed by atoms with Gasteiger partial charge in [0.2, 0.25) is 28.4 Å². The molecule has 0 saturated carbocycles. The molecular formula is C19H18O11. The molecule has 11 nitrogen and oxygen atoms in total. The molecule has 11 heteroatoms. The molecule has 30 heavy (non-hydrogen) atoms. The number of benzene rings is 2. The first-order valence-corrected chi connectivity index (χ1v) is 8.30. The van der Waals surface area contributed by atoms with E-state index in [0.717, 1.165) is 6.07 Å². The van der Waals surface area contributed by atoms with Gasteiger partial charge in [0.1, 0.15) is 5.39 Å². The molecule has 1 heterocycles. The highest BCUT2D eigenvalue weighted by atomic mass is 17.2. The third kappa shape index (κ3) is 3.25. The van der Waals surface area contributed by atoms with Crippen molar-refractivity contribution in [3.05, 3.63) is 28.4 Å². The number of hydrogen-bond donors (Lipinski definition) is 3. The van der Waals surface area contributed by atoms with Gasteiger partial charge in [-0.2, -0.15) is 9.78 Å². The number of rotatable bonds is 7. The summed E-state index contributed by atoms with van der Waals surface area (Å²) in [5.74, 6) is -2.71. The quantitative estimate of drug-likeness (QED) is 0.293.